The van der Waals surface area contributed by atoms with E-state index in [0.29, 0.717) is 18.3 Å². The molecule has 1 aromatic carbocycles. The van der Waals surface area contributed by atoms with Crippen molar-refractivity contribution in [3.05, 3.63) is 34.6 Å². The Morgan fingerprint density at radius 2 is 1.86 bits per heavy atom. The average Bonchev–Trinajstić information content (AvgIpc) is 2.87. The summed E-state index contributed by atoms with van der Waals surface area (Å²) in [5.41, 5.74) is 6.90. The van der Waals surface area contributed by atoms with Gasteiger partial charge in [-0.3, -0.25) is 0 Å². The maximum atomic E-state index is 6.08. The van der Waals surface area contributed by atoms with Gasteiger partial charge in [0, 0.05) is 16.6 Å². The minimum absolute atomic E-state index is 0.136. The summed E-state index contributed by atoms with van der Waals surface area (Å²) >= 11 is 3.53. The summed E-state index contributed by atoms with van der Waals surface area (Å²) in [5, 5.41) is 4.17. The van der Waals surface area contributed by atoms with Crippen molar-refractivity contribution in [2.45, 2.75) is 43.9 Å². The van der Waals surface area contributed by atoms with E-state index < -0.39 is 0 Å². The van der Waals surface area contributed by atoms with E-state index in [2.05, 4.69) is 26.1 Å². The van der Waals surface area contributed by atoms with E-state index in [1.165, 1.54) is 25.7 Å². The predicted octanol–water partition coefficient (Wildman–Crippen LogP) is 4.05. The van der Waals surface area contributed by atoms with Crippen molar-refractivity contribution in [3.8, 4) is 11.4 Å². The first-order chi connectivity index (χ1) is 10.2. The highest BCUT2D eigenvalue weighted by atomic mass is 79.9. The quantitative estimate of drug-likeness (QED) is 0.848. The molecule has 1 heterocycles. The first-order valence-corrected chi connectivity index (χ1v) is 8.34. The first-order valence-electron chi connectivity index (χ1n) is 7.54. The lowest BCUT2D eigenvalue weighted by Crippen LogP contribution is -2.35. The first kappa shape index (κ1) is 14.7. The van der Waals surface area contributed by atoms with E-state index in [4.69, 9.17) is 10.3 Å². The highest BCUT2D eigenvalue weighted by Gasteiger charge is 2.37. The summed E-state index contributed by atoms with van der Waals surface area (Å²) in [4.78, 5) is 4.66. The zero-order valence-electron chi connectivity index (χ0n) is 12.0. The monoisotopic (exact) mass is 349 g/mol. The second-order valence-corrected chi connectivity index (χ2v) is 6.66. The van der Waals surface area contributed by atoms with Crippen LogP contribution < -0.4 is 5.73 Å². The normalized spacial score (nSPS) is 18.4. The highest BCUT2D eigenvalue weighted by molar-refractivity contribution is 9.10. The molecule has 1 aromatic heterocycles. The molecule has 112 valence electrons. The molecule has 2 aromatic rings. The molecular formula is C16H20BrN3O. The van der Waals surface area contributed by atoms with Gasteiger partial charge < -0.3 is 10.3 Å². The summed E-state index contributed by atoms with van der Waals surface area (Å²) in [6.45, 7) is 0.574. The van der Waals surface area contributed by atoms with Crippen LogP contribution in [0.2, 0.25) is 0 Å². The van der Waals surface area contributed by atoms with Crippen LogP contribution in [-0.2, 0) is 5.41 Å². The SMILES string of the molecule is NCC1(c2nc(-c3ccccc3Br)no2)CCCCCC1. The predicted molar refractivity (Wildman–Crippen MR) is 85.9 cm³/mol. The Morgan fingerprint density at radius 3 is 2.52 bits per heavy atom. The summed E-state index contributed by atoms with van der Waals surface area (Å²) in [7, 11) is 0. The number of hydrogen-bond acceptors (Lipinski definition) is 4. The Balaban J connectivity index is 1.95. The molecule has 0 saturated heterocycles. The molecule has 1 aliphatic carbocycles. The summed E-state index contributed by atoms with van der Waals surface area (Å²) in [5.74, 6) is 1.34. The molecule has 0 unspecified atom stereocenters. The zero-order chi connectivity index (χ0) is 14.7. The van der Waals surface area contributed by atoms with Gasteiger partial charge in [-0.05, 0) is 25.0 Å². The van der Waals surface area contributed by atoms with Crippen LogP contribution in [-0.4, -0.2) is 16.7 Å². The van der Waals surface area contributed by atoms with Crippen molar-refractivity contribution in [1.82, 2.24) is 10.1 Å². The minimum atomic E-state index is -0.136. The van der Waals surface area contributed by atoms with E-state index in [1.54, 1.807) is 0 Å². The molecule has 0 atom stereocenters. The van der Waals surface area contributed by atoms with Crippen molar-refractivity contribution < 1.29 is 4.52 Å². The van der Waals surface area contributed by atoms with Gasteiger partial charge >= 0.3 is 0 Å². The van der Waals surface area contributed by atoms with Crippen molar-refractivity contribution in [2.75, 3.05) is 6.54 Å². The lowest BCUT2D eigenvalue weighted by Gasteiger charge is -2.26. The molecular weight excluding hydrogens is 330 g/mol. The second kappa shape index (κ2) is 6.28. The molecule has 21 heavy (non-hydrogen) atoms. The van der Waals surface area contributed by atoms with Crippen molar-refractivity contribution >= 4 is 15.9 Å². The van der Waals surface area contributed by atoms with Crippen LogP contribution in [0.3, 0.4) is 0 Å². The fourth-order valence-electron chi connectivity index (χ4n) is 3.10. The Bertz CT molecular complexity index is 603. The fourth-order valence-corrected chi connectivity index (χ4v) is 3.56. The zero-order valence-corrected chi connectivity index (χ0v) is 13.6. The summed E-state index contributed by atoms with van der Waals surface area (Å²) in [6.07, 6.45) is 7.00. The fraction of sp³-hybridized carbons (Fsp3) is 0.500. The molecule has 0 radical (unpaired) electrons. The van der Waals surface area contributed by atoms with E-state index in [1.807, 2.05) is 24.3 Å². The van der Waals surface area contributed by atoms with Crippen LogP contribution in [0.5, 0.6) is 0 Å². The molecule has 2 N–H and O–H groups in total. The standard InChI is InChI=1S/C16H20BrN3O/c17-13-8-4-3-7-12(13)14-19-15(21-20-14)16(11-18)9-5-1-2-6-10-16/h3-4,7-8H,1-2,5-6,9-11,18H2. The Morgan fingerprint density at radius 1 is 1.14 bits per heavy atom. The topological polar surface area (TPSA) is 64.9 Å². The van der Waals surface area contributed by atoms with Gasteiger partial charge in [0.1, 0.15) is 0 Å². The van der Waals surface area contributed by atoms with Crippen molar-refractivity contribution in [1.29, 1.82) is 0 Å². The molecule has 3 rings (SSSR count). The van der Waals surface area contributed by atoms with Gasteiger partial charge in [-0.15, -0.1) is 0 Å². The van der Waals surface area contributed by atoms with E-state index >= 15 is 0 Å². The van der Waals surface area contributed by atoms with Crippen molar-refractivity contribution in [3.63, 3.8) is 0 Å². The lowest BCUT2D eigenvalue weighted by molar-refractivity contribution is 0.257. The Labute approximate surface area is 133 Å². The molecule has 1 saturated carbocycles. The molecule has 0 bridgehead atoms. The van der Waals surface area contributed by atoms with E-state index in [0.717, 1.165) is 22.9 Å². The van der Waals surface area contributed by atoms with Crippen LogP contribution >= 0.6 is 15.9 Å². The Hall–Kier alpha value is -1.20. The van der Waals surface area contributed by atoms with E-state index in [-0.39, 0.29) is 5.41 Å². The van der Waals surface area contributed by atoms with Crippen LogP contribution in [0.25, 0.3) is 11.4 Å². The van der Waals surface area contributed by atoms with Crippen molar-refractivity contribution in [2.24, 2.45) is 5.73 Å². The van der Waals surface area contributed by atoms with Crippen LogP contribution in [0.1, 0.15) is 44.4 Å². The molecule has 1 fully saturated rings. The molecule has 4 nitrogen and oxygen atoms in total. The minimum Gasteiger partial charge on any atom is -0.338 e. The second-order valence-electron chi connectivity index (χ2n) is 5.80. The van der Waals surface area contributed by atoms with Gasteiger partial charge in [0.25, 0.3) is 0 Å². The van der Waals surface area contributed by atoms with Gasteiger partial charge in [-0.1, -0.05) is 58.9 Å². The third-order valence-corrected chi connectivity index (χ3v) is 5.14. The van der Waals surface area contributed by atoms with Crippen LogP contribution in [0, 0.1) is 0 Å². The van der Waals surface area contributed by atoms with Crippen LogP contribution in [0.4, 0.5) is 0 Å². The number of nitrogens with zero attached hydrogens (tertiary/aromatic N) is 2. The maximum Gasteiger partial charge on any atom is 0.234 e. The number of nitrogens with two attached hydrogens (primary N) is 1. The molecule has 1 aliphatic rings. The molecule has 0 spiro atoms. The number of aromatic nitrogens is 2. The number of hydrogen-bond donors (Lipinski definition) is 1. The largest absolute Gasteiger partial charge is 0.338 e. The summed E-state index contributed by atoms with van der Waals surface area (Å²) in [6, 6.07) is 7.92. The van der Waals surface area contributed by atoms with Gasteiger partial charge in [0.2, 0.25) is 11.7 Å². The van der Waals surface area contributed by atoms with Gasteiger partial charge in [-0.25, -0.2) is 0 Å². The molecule has 0 amide bonds. The molecule has 5 heteroatoms. The smallest absolute Gasteiger partial charge is 0.234 e. The number of rotatable bonds is 3. The lowest BCUT2D eigenvalue weighted by atomic mass is 9.80. The highest BCUT2D eigenvalue weighted by Crippen LogP contribution is 2.37. The third-order valence-electron chi connectivity index (χ3n) is 4.45. The average molecular weight is 350 g/mol. The van der Waals surface area contributed by atoms with Gasteiger partial charge in [0.05, 0.1) is 5.41 Å². The van der Waals surface area contributed by atoms with Crippen LogP contribution in [0.15, 0.2) is 33.3 Å². The van der Waals surface area contributed by atoms with E-state index in [9.17, 15) is 0 Å². The summed E-state index contributed by atoms with van der Waals surface area (Å²) < 4.78 is 6.57. The maximum absolute atomic E-state index is 6.08. The Kier molecular flexibility index (Phi) is 4.40. The van der Waals surface area contributed by atoms with Gasteiger partial charge in [-0.2, -0.15) is 4.98 Å². The number of benzene rings is 1. The third kappa shape index (κ3) is 2.90. The van der Waals surface area contributed by atoms with Gasteiger partial charge in [0.15, 0.2) is 0 Å². The number of halogens is 1. The molecule has 0 aliphatic heterocycles.